The van der Waals surface area contributed by atoms with Crippen LogP contribution in [0.1, 0.15) is 24.3 Å². The first-order valence-electron chi connectivity index (χ1n) is 9.85. The van der Waals surface area contributed by atoms with E-state index in [1.807, 2.05) is 26.0 Å². The molecule has 1 aliphatic heterocycles. The minimum Gasteiger partial charge on any atom is -0.337 e. The predicted octanol–water partition coefficient (Wildman–Crippen LogP) is 1.80. The molecule has 150 valence electrons. The SMILES string of the molecule is CC(C)Cn1nc(C(=O)N2CCN(c3ncccn3)CC2)c2ccccc2c1=O. The summed E-state index contributed by atoms with van der Waals surface area (Å²) in [5.41, 5.74) is 0.183. The van der Waals surface area contributed by atoms with Crippen LogP contribution in [0.15, 0.2) is 47.5 Å². The highest BCUT2D eigenvalue weighted by Crippen LogP contribution is 2.18. The van der Waals surface area contributed by atoms with Crippen molar-refractivity contribution in [3.05, 3.63) is 58.8 Å². The van der Waals surface area contributed by atoms with Gasteiger partial charge in [-0.2, -0.15) is 5.10 Å². The molecule has 0 aliphatic carbocycles. The fourth-order valence-corrected chi connectivity index (χ4v) is 3.58. The molecule has 1 aliphatic rings. The maximum absolute atomic E-state index is 13.3. The van der Waals surface area contributed by atoms with E-state index in [1.54, 1.807) is 35.5 Å². The summed E-state index contributed by atoms with van der Waals surface area (Å²) in [6.07, 6.45) is 3.43. The monoisotopic (exact) mass is 392 g/mol. The normalized spacial score (nSPS) is 14.6. The van der Waals surface area contributed by atoms with Gasteiger partial charge in [-0.3, -0.25) is 9.59 Å². The zero-order valence-corrected chi connectivity index (χ0v) is 16.7. The summed E-state index contributed by atoms with van der Waals surface area (Å²) in [7, 11) is 0. The lowest BCUT2D eigenvalue weighted by molar-refractivity contribution is 0.0739. The largest absolute Gasteiger partial charge is 0.337 e. The van der Waals surface area contributed by atoms with Gasteiger partial charge in [0.05, 0.1) is 5.39 Å². The van der Waals surface area contributed by atoms with Crippen LogP contribution in [-0.2, 0) is 6.54 Å². The molecule has 3 heterocycles. The van der Waals surface area contributed by atoms with Crippen molar-refractivity contribution in [1.29, 1.82) is 0 Å². The van der Waals surface area contributed by atoms with Crippen LogP contribution >= 0.6 is 0 Å². The summed E-state index contributed by atoms with van der Waals surface area (Å²) in [6.45, 7) is 6.93. The third kappa shape index (κ3) is 3.83. The number of benzene rings is 1. The average molecular weight is 392 g/mol. The highest BCUT2D eigenvalue weighted by Gasteiger charge is 2.26. The standard InChI is InChI=1S/C21H24N6O2/c1-15(2)14-27-19(28)17-7-4-3-6-16(17)18(24-27)20(29)25-10-12-26(13-11-25)21-22-8-5-9-23-21/h3-9,15H,10-14H2,1-2H3. The number of fused-ring (bicyclic) bond motifs is 1. The summed E-state index contributed by atoms with van der Waals surface area (Å²) in [6, 6.07) is 8.99. The summed E-state index contributed by atoms with van der Waals surface area (Å²) in [5.74, 6) is 0.778. The molecular weight excluding hydrogens is 368 g/mol. The van der Waals surface area contributed by atoms with E-state index in [0.29, 0.717) is 55.1 Å². The number of anilines is 1. The molecule has 8 nitrogen and oxygen atoms in total. The molecule has 2 aromatic heterocycles. The summed E-state index contributed by atoms with van der Waals surface area (Å²) in [4.78, 5) is 38.5. The highest BCUT2D eigenvalue weighted by molar-refractivity contribution is 6.04. The van der Waals surface area contributed by atoms with Crippen LogP contribution in [-0.4, -0.2) is 56.7 Å². The number of hydrogen-bond donors (Lipinski definition) is 0. The molecule has 4 rings (SSSR count). The molecule has 0 unspecified atom stereocenters. The lowest BCUT2D eigenvalue weighted by Gasteiger charge is -2.34. The molecule has 1 amide bonds. The van der Waals surface area contributed by atoms with Crippen molar-refractivity contribution in [1.82, 2.24) is 24.6 Å². The highest BCUT2D eigenvalue weighted by atomic mass is 16.2. The molecule has 0 bridgehead atoms. The number of rotatable bonds is 4. The van der Waals surface area contributed by atoms with Crippen LogP contribution in [0.4, 0.5) is 5.95 Å². The van der Waals surface area contributed by atoms with Crippen molar-refractivity contribution in [2.75, 3.05) is 31.1 Å². The lowest BCUT2D eigenvalue weighted by atomic mass is 10.1. The van der Waals surface area contributed by atoms with E-state index < -0.39 is 0 Å². The molecule has 1 saturated heterocycles. The molecule has 0 saturated carbocycles. The van der Waals surface area contributed by atoms with Gasteiger partial charge in [0.2, 0.25) is 5.95 Å². The Morgan fingerprint density at radius 2 is 1.66 bits per heavy atom. The van der Waals surface area contributed by atoms with Gasteiger partial charge in [-0.15, -0.1) is 0 Å². The van der Waals surface area contributed by atoms with Gasteiger partial charge in [-0.1, -0.05) is 32.0 Å². The van der Waals surface area contributed by atoms with Gasteiger partial charge >= 0.3 is 0 Å². The third-order valence-corrected chi connectivity index (χ3v) is 5.01. The van der Waals surface area contributed by atoms with E-state index in [4.69, 9.17) is 0 Å². The quantitative estimate of drug-likeness (QED) is 0.673. The molecule has 3 aromatic rings. The zero-order valence-electron chi connectivity index (χ0n) is 16.7. The average Bonchev–Trinajstić information content (AvgIpc) is 2.76. The fourth-order valence-electron chi connectivity index (χ4n) is 3.58. The summed E-state index contributed by atoms with van der Waals surface area (Å²) < 4.78 is 1.42. The number of amides is 1. The minimum absolute atomic E-state index is 0.146. The van der Waals surface area contributed by atoms with E-state index in [0.717, 1.165) is 0 Å². The first kappa shape index (κ1) is 19.0. The number of nitrogens with zero attached hydrogens (tertiary/aromatic N) is 6. The van der Waals surface area contributed by atoms with Gasteiger partial charge in [0.1, 0.15) is 0 Å². The lowest BCUT2D eigenvalue weighted by Crippen LogP contribution is -2.49. The van der Waals surface area contributed by atoms with E-state index in [2.05, 4.69) is 20.0 Å². The van der Waals surface area contributed by atoms with E-state index in [-0.39, 0.29) is 17.4 Å². The third-order valence-electron chi connectivity index (χ3n) is 5.01. The maximum Gasteiger partial charge on any atom is 0.275 e. The molecular formula is C21H24N6O2. The van der Waals surface area contributed by atoms with Crippen molar-refractivity contribution in [2.24, 2.45) is 5.92 Å². The Bertz CT molecular complexity index is 1070. The Labute approximate surface area is 168 Å². The second kappa shape index (κ2) is 7.98. The zero-order chi connectivity index (χ0) is 20.4. The fraction of sp³-hybridized carbons (Fsp3) is 0.381. The van der Waals surface area contributed by atoms with Crippen LogP contribution in [0, 0.1) is 5.92 Å². The number of aromatic nitrogens is 4. The molecule has 0 spiro atoms. The van der Waals surface area contributed by atoms with Crippen LogP contribution < -0.4 is 10.5 Å². The van der Waals surface area contributed by atoms with Crippen LogP contribution in [0.2, 0.25) is 0 Å². The molecule has 1 fully saturated rings. The smallest absolute Gasteiger partial charge is 0.275 e. The second-order valence-corrected chi connectivity index (χ2v) is 7.60. The van der Waals surface area contributed by atoms with Gasteiger partial charge in [0.25, 0.3) is 11.5 Å². The molecule has 0 N–H and O–H groups in total. The van der Waals surface area contributed by atoms with Gasteiger partial charge in [0.15, 0.2) is 5.69 Å². The molecule has 8 heteroatoms. The molecule has 29 heavy (non-hydrogen) atoms. The Morgan fingerprint density at radius 3 is 2.31 bits per heavy atom. The van der Waals surface area contributed by atoms with Crippen molar-refractivity contribution < 1.29 is 4.79 Å². The van der Waals surface area contributed by atoms with E-state index >= 15 is 0 Å². The summed E-state index contributed by atoms with van der Waals surface area (Å²) >= 11 is 0. The first-order chi connectivity index (χ1) is 14.0. The van der Waals surface area contributed by atoms with Crippen LogP contribution in [0.5, 0.6) is 0 Å². The number of carbonyl (C=O) groups excluding carboxylic acids is 1. The Kier molecular flexibility index (Phi) is 5.24. The van der Waals surface area contributed by atoms with Crippen molar-refractivity contribution in [2.45, 2.75) is 20.4 Å². The number of piperazine rings is 1. The minimum atomic E-state index is -0.156. The first-order valence-corrected chi connectivity index (χ1v) is 9.85. The summed E-state index contributed by atoms with van der Waals surface area (Å²) in [5, 5.41) is 5.61. The van der Waals surface area contributed by atoms with Gasteiger partial charge < -0.3 is 9.80 Å². The van der Waals surface area contributed by atoms with Crippen molar-refractivity contribution >= 4 is 22.6 Å². The Hall–Kier alpha value is -3.29. The molecule has 0 radical (unpaired) electrons. The Morgan fingerprint density at radius 1 is 1.00 bits per heavy atom. The molecule has 0 atom stereocenters. The van der Waals surface area contributed by atoms with Crippen molar-refractivity contribution in [3.8, 4) is 0 Å². The Balaban J connectivity index is 1.62. The topological polar surface area (TPSA) is 84.2 Å². The number of carbonyl (C=O) groups is 1. The van der Waals surface area contributed by atoms with Crippen molar-refractivity contribution in [3.63, 3.8) is 0 Å². The van der Waals surface area contributed by atoms with Gasteiger partial charge in [-0.25, -0.2) is 14.6 Å². The van der Waals surface area contributed by atoms with Gasteiger partial charge in [-0.05, 0) is 18.1 Å². The molecule has 1 aromatic carbocycles. The van der Waals surface area contributed by atoms with Crippen LogP contribution in [0.25, 0.3) is 10.8 Å². The predicted molar refractivity (Wildman–Crippen MR) is 111 cm³/mol. The second-order valence-electron chi connectivity index (χ2n) is 7.60. The van der Waals surface area contributed by atoms with Gasteiger partial charge in [0, 0.05) is 50.5 Å². The van der Waals surface area contributed by atoms with Crippen LogP contribution in [0.3, 0.4) is 0 Å². The number of hydrogen-bond acceptors (Lipinski definition) is 6. The van der Waals surface area contributed by atoms with E-state index in [9.17, 15) is 9.59 Å². The maximum atomic E-state index is 13.3. The van der Waals surface area contributed by atoms with E-state index in [1.165, 1.54) is 4.68 Å².